The summed E-state index contributed by atoms with van der Waals surface area (Å²) in [6.07, 6.45) is 8.85. The molecule has 8 aromatic carbocycles. The van der Waals surface area contributed by atoms with Crippen LogP contribution in [0.4, 0.5) is 0 Å². The Morgan fingerprint density at radius 1 is 0.406 bits per heavy atom. The topological polar surface area (TPSA) is 71.1 Å². The molecule has 6 heteroatoms. The van der Waals surface area contributed by atoms with Gasteiger partial charge in [0.1, 0.15) is 23.0 Å². The van der Waals surface area contributed by atoms with Crippen LogP contribution in [-0.4, -0.2) is 25.2 Å². The summed E-state index contributed by atoms with van der Waals surface area (Å²) in [6, 6.07) is 54.4. The van der Waals surface area contributed by atoms with E-state index in [-0.39, 0.29) is 0 Å². The second kappa shape index (κ2) is 21.3. The number of esters is 2. The molecular formula is C58H54O6. The Morgan fingerprint density at radius 3 is 1.17 bits per heavy atom. The standard InChI is InChI=1S/C58H54O6/c1-3-5-7-19-37-61-47-33-29-43(30-34-47)57(59)63-55-49-27-17-15-25-45(49)39-51(41-21-11-9-12-22-41)53(55)54-52(42-23-13-10-14-24-42)40-46-26-16-18-28-50(46)56(54)64-58(60)44-31-35-48(36-32-44)62-38-20-8-6-4-2/h9-18,21-36,39-40H,3-8,19-20,37-38H2,1-2H3. The highest BCUT2D eigenvalue weighted by atomic mass is 16.5. The van der Waals surface area contributed by atoms with Crippen molar-refractivity contribution >= 4 is 33.5 Å². The highest BCUT2D eigenvalue weighted by Crippen LogP contribution is 2.53. The normalized spacial score (nSPS) is 11.1. The zero-order valence-corrected chi connectivity index (χ0v) is 36.7. The van der Waals surface area contributed by atoms with Crippen LogP contribution in [0.1, 0.15) is 85.9 Å². The Hall–Kier alpha value is -7.18. The van der Waals surface area contributed by atoms with E-state index < -0.39 is 11.9 Å². The van der Waals surface area contributed by atoms with Crippen molar-refractivity contribution in [3.63, 3.8) is 0 Å². The van der Waals surface area contributed by atoms with Crippen LogP contribution in [0, 0.1) is 0 Å². The molecule has 0 heterocycles. The van der Waals surface area contributed by atoms with Crippen molar-refractivity contribution < 1.29 is 28.5 Å². The maximum atomic E-state index is 14.5. The van der Waals surface area contributed by atoms with Crippen LogP contribution < -0.4 is 18.9 Å². The first-order valence-electron chi connectivity index (χ1n) is 22.6. The first kappa shape index (κ1) is 43.5. The molecule has 0 amide bonds. The first-order valence-corrected chi connectivity index (χ1v) is 22.6. The molecule has 0 spiro atoms. The van der Waals surface area contributed by atoms with Crippen molar-refractivity contribution in [2.24, 2.45) is 0 Å². The molecule has 0 bridgehead atoms. The molecule has 0 aliphatic carbocycles. The average molecular weight is 847 g/mol. The number of ether oxygens (including phenoxy) is 4. The summed E-state index contributed by atoms with van der Waals surface area (Å²) in [5, 5.41) is 3.22. The summed E-state index contributed by atoms with van der Waals surface area (Å²) in [5.41, 5.74) is 5.39. The van der Waals surface area contributed by atoms with Gasteiger partial charge in [-0.1, -0.05) is 162 Å². The number of carbonyl (C=O) groups excluding carboxylic acids is 2. The summed E-state index contributed by atoms with van der Waals surface area (Å²) in [7, 11) is 0. The fourth-order valence-corrected chi connectivity index (χ4v) is 8.14. The Kier molecular flexibility index (Phi) is 14.4. The maximum absolute atomic E-state index is 14.5. The molecule has 8 aromatic rings. The molecule has 0 saturated carbocycles. The average Bonchev–Trinajstić information content (AvgIpc) is 3.34. The van der Waals surface area contributed by atoms with Gasteiger partial charge in [0.2, 0.25) is 0 Å². The molecule has 8 rings (SSSR count). The monoisotopic (exact) mass is 846 g/mol. The Morgan fingerprint density at radius 2 is 0.781 bits per heavy atom. The molecule has 64 heavy (non-hydrogen) atoms. The lowest BCUT2D eigenvalue weighted by atomic mass is 9.84. The van der Waals surface area contributed by atoms with Crippen LogP contribution in [0.5, 0.6) is 23.0 Å². The molecule has 0 N–H and O–H groups in total. The number of hydrogen-bond donors (Lipinski definition) is 0. The van der Waals surface area contributed by atoms with E-state index in [1.165, 1.54) is 12.8 Å². The second-order valence-electron chi connectivity index (χ2n) is 16.1. The number of unbranched alkanes of at least 4 members (excludes halogenated alkanes) is 6. The van der Waals surface area contributed by atoms with Crippen LogP contribution in [0.2, 0.25) is 0 Å². The second-order valence-corrected chi connectivity index (χ2v) is 16.1. The van der Waals surface area contributed by atoms with Crippen molar-refractivity contribution in [3.05, 3.63) is 181 Å². The van der Waals surface area contributed by atoms with E-state index in [1.807, 2.05) is 133 Å². The third-order valence-electron chi connectivity index (χ3n) is 11.5. The smallest absolute Gasteiger partial charge is 0.343 e. The van der Waals surface area contributed by atoms with E-state index in [4.69, 9.17) is 18.9 Å². The first-order chi connectivity index (χ1) is 31.5. The Balaban J connectivity index is 1.30. The molecule has 0 aliphatic heterocycles. The lowest BCUT2D eigenvalue weighted by Crippen LogP contribution is -2.12. The molecule has 0 aliphatic rings. The van der Waals surface area contributed by atoms with Crippen molar-refractivity contribution in [3.8, 4) is 56.4 Å². The summed E-state index contributed by atoms with van der Waals surface area (Å²) < 4.78 is 25.4. The van der Waals surface area contributed by atoms with E-state index in [2.05, 4.69) is 26.0 Å². The van der Waals surface area contributed by atoms with E-state index in [0.717, 1.165) is 82.3 Å². The largest absolute Gasteiger partial charge is 0.494 e. The van der Waals surface area contributed by atoms with Gasteiger partial charge in [-0.3, -0.25) is 0 Å². The number of carbonyl (C=O) groups is 2. The number of fused-ring (bicyclic) bond motifs is 2. The third-order valence-corrected chi connectivity index (χ3v) is 11.5. The van der Waals surface area contributed by atoms with Crippen LogP contribution >= 0.6 is 0 Å². The zero-order chi connectivity index (χ0) is 44.1. The van der Waals surface area contributed by atoms with Crippen molar-refractivity contribution in [1.29, 1.82) is 0 Å². The predicted molar refractivity (Wildman–Crippen MR) is 260 cm³/mol. The molecule has 0 aromatic heterocycles. The molecule has 0 atom stereocenters. The van der Waals surface area contributed by atoms with Crippen molar-refractivity contribution in [2.45, 2.75) is 65.2 Å². The minimum Gasteiger partial charge on any atom is -0.494 e. The number of benzene rings is 8. The molecule has 322 valence electrons. The summed E-state index contributed by atoms with van der Waals surface area (Å²) in [5.74, 6) is 1.04. The van der Waals surface area contributed by atoms with Gasteiger partial charge in [-0.15, -0.1) is 0 Å². The van der Waals surface area contributed by atoms with Gasteiger partial charge in [0, 0.05) is 21.9 Å². The van der Waals surface area contributed by atoms with Gasteiger partial charge in [-0.05, 0) is 107 Å². The minimum atomic E-state index is -0.528. The van der Waals surface area contributed by atoms with Crippen molar-refractivity contribution in [2.75, 3.05) is 13.2 Å². The summed E-state index contributed by atoms with van der Waals surface area (Å²) in [4.78, 5) is 29.1. The van der Waals surface area contributed by atoms with Crippen LogP contribution in [0.15, 0.2) is 170 Å². The van der Waals surface area contributed by atoms with Crippen molar-refractivity contribution in [1.82, 2.24) is 0 Å². The fourth-order valence-electron chi connectivity index (χ4n) is 8.14. The van der Waals surface area contributed by atoms with Gasteiger partial charge in [0.25, 0.3) is 0 Å². The molecule has 0 fully saturated rings. The lowest BCUT2D eigenvalue weighted by Gasteiger charge is -2.24. The van der Waals surface area contributed by atoms with E-state index in [1.54, 1.807) is 24.3 Å². The van der Waals surface area contributed by atoms with Crippen LogP contribution in [0.25, 0.3) is 54.9 Å². The SMILES string of the molecule is CCCCCCOc1ccc(C(=O)Oc2c(-c3c(-c4ccccc4)cc4ccccc4c3OC(=O)c3ccc(OCCCCCC)cc3)c(-c3ccccc3)cc3ccccc23)cc1. The third kappa shape index (κ3) is 10.2. The summed E-state index contributed by atoms with van der Waals surface area (Å²) >= 11 is 0. The van der Waals surface area contributed by atoms with E-state index in [9.17, 15) is 9.59 Å². The zero-order valence-electron chi connectivity index (χ0n) is 36.7. The highest BCUT2D eigenvalue weighted by molar-refractivity contribution is 6.13. The molecule has 6 nitrogen and oxygen atoms in total. The van der Waals surface area contributed by atoms with Crippen LogP contribution in [-0.2, 0) is 0 Å². The Labute approximate surface area is 376 Å². The van der Waals surface area contributed by atoms with Gasteiger partial charge in [0.15, 0.2) is 0 Å². The predicted octanol–water partition coefficient (Wildman–Crippen LogP) is 15.4. The molecule has 0 saturated heterocycles. The molecule has 0 radical (unpaired) electrons. The van der Waals surface area contributed by atoms with Gasteiger partial charge < -0.3 is 18.9 Å². The molecule has 0 unspecified atom stereocenters. The van der Waals surface area contributed by atoms with Gasteiger partial charge in [-0.25, -0.2) is 9.59 Å². The van der Waals surface area contributed by atoms with E-state index in [0.29, 0.717) is 58.5 Å². The molecular weight excluding hydrogens is 793 g/mol. The fraction of sp³-hybridized carbons (Fsp3) is 0.207. The van der Waals surface area contributed by atoms with Gasteiger partial charge >= 0.3 is 11.9 Å². The lowest BCUT2D eigenvalue weighted by molar-refractivity contribution is 0.0725. The minimum absolute atomic E-state index is 0.350. The Bertz CT molecular complexity index is 2620. The van der Waals surface area contributed by atoms with Crippen LogP contribution in [0.3, 0.4) is 0 Å². The summed E-state index contributed by atoms with van der Waals surface area (Å²) in [6.45, 7) is 5.61. The quantitative estimate of drug-likeness (QED) is 0.0459. The van der Waals surface area contributed by atoms with Gasteiger partial charge in [0.05, 0.1) is 24.3 Å². The van der Waals surface area contributed by atoms with E-state index >= 15 is 0 Å². The van der Waals surface area contributed by atoms with Gasteiger partial charge in [-0.2, -0.15) is 0 Å². The number of rotatable bonds is 19. The number of hydrogen-bond acceptors (Lipinski definition) is 6. The maximum Gasteiger partial charge on any atom is 0.343 e. The highest BCUT2D eigenvalue weighted by Gasteiger charge is 2.29.